The highest BCUT2D eigenvalue weighted by Crippen LogP contribution is 2.22. The zero-order valence-electron chi connectivity index (χ0n) is 13.2. The Morgan fingerprint density at radius 1 is 0.840 bits per heavy atom. The van der Waals surface area contributed by atoms with E-state index in [0.29, 0.717) is 11.5 Å². The standard InChI is InChI=1S/C19H16FNO3S/c20-16-9-11-19(12-10-16)25(22,23)21-14-15-5-4-8-18(13-15)24-17-6-2-1-3-7-17/h1-13,21H,14H2. The summed E-state index contributed by atoms with van der Waals surface area (Å²) in [5.74, 6) is 0.834. The highest BCUT2D eigenvalue weighted by Gasteiger charge is 2.13. The van der Waals surface area contributed by atoms with Gasteiger partial charge in [0.15, 0.2) is 0 Å². The molecule has 3 aromatic carbocycles. The van der Waals surface area contributed by atoms with Crippen LogP contribution < -0.4 is 9.46 Å². The first-order chi connectivity index (χ1) is 12.0. The summed E-state index contributed by atoms with van der Waals surface area (Å²) in [4.78, 5) is 0.0191. The molecule has 6 heteroatoms. The molecule has 0 saturated heterocycles. The molecule has 128 valence electrons. The molecule has 0 aliphatic carbocycles. The minimum absolute atomic E-state index is 0.0191. The fourth-order valence-electron chi connectivity index (χ4n) is 2.22. The fraction of sp³-hybridized carbons (Fsp3) is 0.0526. The Kier molecular flexibility index (Phi) is 5.11. The summed E-state index contributed by atoms with van der Waals surface area (Å²) in [6.07, 6.45) is 0. The number of hydrogen-bond acceptors (Lipinski definition) is 3. The molecule has 25 heavy (non-hydrogen) atoms. The van der Waals surface area contributed by atoms with Crippen LogP contribution in [0.4, 0.5) is 4.39 Å². The van der Waals surface area contributed by atoms with Crippen molar-refractivity contribution >= 4 is 10.0 Å². The van der Waals surface area contributed by atoms with Crippen molar-refractivity contribution < 1.29 is 17.5 Å². The molecule has 3 aromatic rings. The first-order valence-electron chi connectivity index (χ1n) is 7.60. The van der Waals surface area contributed by atoms with Gasteiger partial charge < -0.3 is 4.74 Å². The van der Waals surface area contributed by atoms with E-state index in [1.54, 1.807) is 24.3 Å². The molecule has 0 radical (unpaired) electrons. The third kappa shape index (κ3) is 4.65. The lowest BCUT2D eigenvalue weighted by Crippen LogP contribution is -2.23. The van der Waals surface area contributed by atoms with Gasteiger partial charge in [0.2, 0.25) is 10.0 Å². The van der Waals surface area contributed by atoms with Gasteiger partial charge in [-0.2, -0.15) is 0 Å². The molecular weight excluding hydrogens is 341 g/mol. The Labute approximate surface area is 146 Å². The molecule has 0 spiro atoms. The molecule has 0 atom stereocenters. The van der Waals surface area contributed by atoms with Crippen LogP contribution in [0.5, 0.6) is 11.5 Å². The van der Waals surface area contributed by atoms with E-state index in [2.05, 4.69) is 4.72 Å². The molecule has 0 unspecified atom stereocenters. The van der Waals surface area contributed by atoms with Crippen molar-refractivity contribution in [2.24, 2.45) is 0 Å². The van der Waals surface area contributed by atoms with Gasteiger partial charge in [-0.05, 0) is 54.1 Å². The van der Waals surface area contributed by atoms with E-state index in [1.165, 1.54) is 12.1 Å². The third-order valence-electron chi connectivity index (χ3n) is 3.47. The molecule has 3 rings (SSSR count). The normalized spacial score (nSPS) is 11.2. The number of para-hydroxylation sites is 1. The van der Waals surface area contributed by atoms with Crippen LogP contribution in [0.1, 0.15) is 5.56 Å². The zero-order chi connectivity index (χ0) is 17.7. The second-order valence-electron chi connectivity index (χ2n) is 5.34. The molecular formula is C19H16FNO3S. The molecule has 0 aliphatic rings. The molecule has 0 aliphatic heterocycles. The van der Waals surface area contributed by atoms with Crippen molar-refractivity contribution in [3.8, 4) is 11.5 Å². The molecule has 0 heterocycles. The van der Waals surface area contributed by atoms with Crippen LogP contribution in [-0.4, -0.2) is 8.42 Å². The van der Waals surface area contributed by atoms with Crippen molar-refractivity contribution in [3.63, 3.8) is 0 Å². The molecule has 0 bridgehead atoms. The lowest BCUT2D eigenvalue weighted by Gasteiger charge is -2.09. The maximum Gasteiger partial charge on any atom is 0.240 e. The highest BCUT2D eigenvalue weighted by atomic mass is 32.2. The van der Waals surface area contributed by atoms with E-state index in [1.807, 2.05) is 30.3 Å². The molecule has 4 nitrogen and oxygen atoms in total. The molecule has 1 N–H and O–H groups in total. The first-order valence-corrected chi connectivity index (χ1v) is 9.08. The van der Waals surface area contributed by atoms with E-state index in [9.17, 15) is 12.8 Å². The SMILES string of the molecule is O=S(=O)(NCc1cccc(Oc2ccccc2)c1)c1ccc(F)cc1. The lowest BCUT2D eigenvalue weighted by molar-refractivity contribution is 0.482. The summed E-state index contributed by atoms with van der Waals surface area (Å²) >= 11 is 0. The number of rotatable bonds is 6. The van der Waals surface area contributed by atoms with E-state index in [4.69, 9.17) is 4.74 Å². The summed E-state index contributed by atoms with van der Waals surface area (Å²) in [6.45, 7) is 0.103. The first kappa shape index (κ1) is 17.1. The van der Waals surface area contributed by atoms with Crippen LogP contribution in [0.2, 0.25) is 0 Å². The largest absolute Gasteiger partial charge is 0.457 e. The van der Waals surface area contributed by atoms with Crippen molar-refractivity contribution in [3.05, 3.63) is 90.2 Å². The van der Waals surface area contributed by atoms with Crippen LogP contribution in [0.25, 0.3) is 0 Å². The number of benzene rings is 3. The van der Waals surface area contributed by atoms with Gasteiger partial charge in [-0.1, -0.05) is 30.3 Å². The number of halogens is 1. The molecule has 0 saturated carbocycles. The van der Waals surface area contributed by atoms with Gasteiger partial charge in [0.25, 0.3) is 0 Å². The minimum atomic E-state index is -3.70. The van der Waals surface area contributed by atoms with Crippen molar-refractivity contribution in [1.82, 2.24) is 4.72 Å². The van der Waals surface area contributed by atoms with E-state index >= 15 is 0 Å². The maximum absolute atomic E-state index is 12.9. The minimum Gasteiger partial charge on any atom is -0.457 e. The van der Waals surface area contributed by atoms with Gasteiger partial charge >= 0.3 is 0 Å². The monoisotopic (exact) mass is 357 g/mol. The Morgan fingerprint density at radius 3 is 2.24 bits per heavy atom. The Bertz CT molecular complexity index is 942. The van der Waals surface area contributed by atoms with Crippen molar-refractivity contribution in [2.75, 3.05) is 0 Å². The Morgan fingerprint density at radius 2 is 1.52 bits per heavy atom. The average Bonchev–Trinajstić information content (AvgIpc) is 2.62. The van der Waals surface area contributed by atoms with Gasteiger partial charge in [-0.15, -0.1) is 0 Å². The van der Waals surface area contributed by atoms with Gasteiger partial charge in [0.1, 0.15) is 17.3 Å². The summed E-state index contributed by atoms with van der Waals surface area (Å²) in [7, 11) is -3.70. The molecule has 0 amide bonds. The zero-order valence-corrected chi connectivity index (χ0v) is 14.0. The predicted octanol–water partition coefficient (Wildman–Crippen LogP) is 4.10. The smallest absolute Gasteiger partial charge is 0.240 e. The highest BCUT2D eigenvalue weighted by molar-refractivity contribution is 7.89. The van der Waals surface area contributed by atoms with Gasteiger partial charge in [-0.3, -0.25) is 0 Å². The van der Waals surface area contributed by atoms with Crippen LogP contribution in [0, 0.1) is 5.82 Å². The topological polar surface area (TPSA) is 55.4 Å². The summed E-state index contributed by atoms with van der Waals surface area (Å²) in [5, 5.41) is 0. The predicted molar refractivity (Wildman–Crippen MR) is 93.4 cm³/mol. The number of hydrogen-bond donors (Lipinski definition) is 1. The number of nitrogens with one attached hydrogen (secondary N) is 1. The van der Waals surface area contributed by atoms with Crippen LogP contribution in [-0.2, 0) is 16.6 Å². The third-order valence-corrected chi connectivity index (χ3v) is 4.88. The van der Waals surface area contributed by atoms with Crippen LogP contribution >= 0.6 is 0 Å². The Balaban J connectivity index is 1.69. The van der Waals surface area contributed by atoms with Crippen molar-refractivity contribution in [2.45, 2.75) is 11.4 Å². The molecule has 0 fully saturated rings. The van der Waals surface area contributed by atoms with E-state index < -0.39 is 15.8 Å². The second-order valence-corrected chi connectivity index (χ2v) is 7.11. The lowest BCUT2D eigenvalue weighted by atomic mass is 10.2. The van der Waals surface area contributed by atoms with Crippen LogP contribution in [0.3, 0.4) is 0 Å². The fourth-order valence-corrected chi connectivity index (χ4v) is 3.24. The summed E-state index contributed by atoms with van der Waals surface area (Å²) in [6, 6.07) is 21.1. The summed E-state index contributed by atoms with van der Waals surface area (Å²) in [5.41, 5.74) is 0.749. The molecule has 0 aromatic heterocycles. The van der Waals surface area contributed by atoms with Gasteiger partial charge in [-0.25, -0.2) is 17.5 Å². The Hall–Kier alpha value is -2.70. The van der Waals surface area contributed by atoms with Gasteiger partial charge in [0, 0.05) is 6.54 Å². The number of ether oxygens (including phenoxy) is 1. The second kappa shape index (κ2) is 7.46. The van der Waals surface area contributed by atoms with E-state index in [-0.39, 0.29) is 11.4 Å². The quantitative estimate of drug-likeness (QED) is 0.723. The number of sulfonamides is 1. The van der Waals surface area contributed by atoms with E-state index in [0.717, 1.165) is 17.7 Å². The van der Waals surface area contributed by atoms with Crippen LogP contribution in [0.15, 0.2) is 83.8 Å². The van der Waals surface area contributed by atoms with Crippen molar-refractivity contribution in [1.29, 1.82) is 0 Å². The van der Waals surface area contributed by atoms with Gasteiger partial charge in [0.05, 0.1) is 4.90 Å². The summed E-state index contributed by atoms with van der Waals surface area (Å²) < 4.78 is 45.6. The average molecular weight is 357 g/mol. The maximum atomic E-state index is 12.9.